The summed E-state index contributed by atoms with van der Waals surface area (Å²) in [6.45, 7) is 10.7. The van der Waals surface area contributed by atoms with Gasteiger partial charge in [-0.3, -0.25) is 0 Å². The maximum Gasteiger partial charge on any atom is 2.00 e. The molecule has 0 N–H and O–H groups in total. The fourth-order valence-electron chi connectivity index (χ4n) is 0. The van der Waals surface area contributed by atoms with E-state index in [9.17, 15) is 0 Å². The summed E-state index contributed by atoms with van der Waals surface area (Å²) >= 11 is 0. The van der Waals surface area contributed by atoms with Gasteiger partial charge in [0.05, 0.1) is 0 Å². The fourth-order valence-corrected chi connectivity index (χ4v) is 0. The van der Waals surface area contributed by atoms with Crippen LogP contribution in [-0.4, -0.2) is 0 Å². The van der Waals surface area contributed by atoms with E-state index in [-0.39, 0.29) is 27.3 Å². The molecule has 9 heavy (non-hydrogen) atoms. The Balaban J connectivity index is -0.0000000720. The van der Waals surface area contributed by atoms with Crippen LogP contribution in [0.1, 0.15) is 13.8 Å². The zero-order valence-electron chi connectivity index (χ0n) is 6.43. The summed E-state index contributed by atoms with van der Waals surface area (Å²) in [6, 6.07) is 0. The molecule has 0 saturated heterocycles. The Morgan fingerprint density at radius 3 is 1.00 bits per heavy atom. The van der Waals surface area contributed by atoms with Crippen LogP contribution >= 0.6 is 0 Å². The SMILES string of the molecule is [CH2-]/C=C/C.[CH2-]/C=C/C.[Cd+2]. The van der Waals surface area contributed by atoms with Crippen molar-refractivity contribution in [2.24, 2.45) is 0 Å². The molecule has 0 unspecified atom stereocenters. The standard InChI is InChI=1S/2C4H7.Cd/c2*1-3-4-2;/h2*3-4H,1H2,2H3;/q2*-1;+2/b2*4-3+;. The van der Waals surface area contributed by atoms with E-state index in [4.69, 9.17) is 0 Å². The number of allylic oxidation sites excluding steroid dienone is 4. The van der Waals surface area contributed by atoms with Gasteiger partial charge in [-0.25, -0.2) is 38.2 Å². The Bertz CT molecular complexity index is 45.0. The minimum absolute atomic E-state index is 0. The predicted octanol–water partition coefficient (Wildman–Crippen LogP) is 2.79. The molecule has 0 aliphatic carbocycles. The van der Waals surface area contributed by atoms with Crippen LogP contribution in [0, 0.1) is 13.8 Å². The van der Waals surface area contributed by atoms with Gasteiger partial charge in [0.25, 0.3) is 0 Å². The van der Waals surface area contributed by atoms with E-state index in [2.05, 4.69) is 13.8 Å². The molecule has 0 saturated carbocycles. The molecular formula is C8H14Cd. The van der Waals surface area contributed by atoms with E-state index in [1.807, 2.05) is 26.0 Å². The smallest absolute Gasteiger partial charge is 0.245 e. The zero-order chi connectivity index (χ0) is 6.83. The first-order valence-corrected chi connectivity index (χ1v) is 2.64. The zero-order valence-corrected chi connectivity index (χ0v) is 10.5. The molecule has 0 aromatic carbocycles. The Hall–Kier alpha value is 0.142. The molecule has 0 atom stereocenters. The molecule has 0 aliphatic rings. The van der Waals surface area contributed by atoms with Crippen molar-refractivity contribution in [3.05, 3.63) is 38.2 Å². The molecule has 0 aromatic rings. The van der Waals surface area contributed by atoms with Crippen molar-refractivity contribution < 1.29 is 27.3 Å². The van der Waals surface area contributed by atoms with Crippen LogP contribution in [-0.2, 0) is 27.3 Å². The summed E-state index contributed by atoms with van der Waals surface area (Å²) in [5, 5.41) is 0. The van der Waals surface area contributed by atoms with E-state index in [1.165, 1.54) is 0 Å². The van der Waals surface area contributed by atoms with Crippen LogP contribution in [0.3, 0.4) is 0 Å². The Labute approximate surface area is 79.2 Å². The van der Waals surface area contributed by atoms with Crippen molar-refractivity contribution in [3.63, 3.8) is 0 Å². The normalized spacial score (nSPS) is 8.22. The molecule has 0 aromatic heterocycles. The second-order valence-corrected chi connectivity index (χ2v) is 1.14. The third-order valence-corrected chi connectivity index (χ3v) is 0.471. The van der Waals surface area contributed by atoms with Gasteiger partial charge in [-0.1, -0.05) is 0 Å². The quantitative estimate of drug-likeness (QED) is 0.437. The third-order valence-electron chi connectivity index (χ3n) is 0.471. The Kier molecular flexibility index (Phi) is 43.2. The second-order valence-electron chi connectivity index (χ2n) is 1.14. The van der Waals surface area contributed by atoms with Gasteiger partial charge in [0.15, 0.2) is 0 Å². The minimum atomic E-state index is 0. The van der Waals surface area contributed by atoms with Gasteiger partial charge in [-0.05, 0) is 0 Å². The molecule has 0 amide bonds. The fraction of sp³-hybridized carbons (Fsp3) is 0.250. The van der Waals surface area contributed by atoms with Gasteiger partial charge >= 0.3 is 27.3 Å². The van der Waals surface area contributed by atoms with Gasteiger partial charge in [0.1, 0.15) is 0 Å². The summed E-state index contributed by atoms with van der Waals surface area (Å²) in [4.78, 5) is 0. The minimum Gasteiger partial charge on any atom is -0.245 e. The predicted molar refractivity (Wildman–Crippen MR) is 40.3 cm³/mol. The van der Waals surface area contributed by atoms with Gasteiger partial charge in [-0.15, -0.1) is 13.8 Å². The van der Waals surface area contributed by atoms with E-state index in [0.717, 1.165) is 0 Å². The Morgan fingerprint density at radius 1 is 0.889 bits per heavy atom. The van der Waals surface area contributed by atoms with E-state index in [1.54, 1.807) is 12.2 Å². The summed E-state index contributed by atoms with van der Waals surface area (Å²) in [7, 11) is 0. The first-order valence-electron chi connectivity index (χ1n) is 2.64. The van der Waals surface area contributed by atoms with Crippen LogP contribution in [0.4, 0.5) is 0 Å². The monoisotopic (exact) mass is 224 g/mol. The first kappa shape index (κ1) is 16.1. The Morgan fingerprint density at radius 2 is 1.00 bits per heavy atom. The van der Waals surface area contributed by atoms with E-state index >= 15 is 0 Å². The molecule has 0 aliphatic heterocycles. The van der Waals surface area contributed by atoms with Gasteiger partial charge in [0, 0.05) is 0 Å². The van der Waals surface area contributed by atoms with Crippen molar-refractivity contribution in [2.75, 3.05) is 0 Å². The van der Waals surface area contributed by atoms with Crippen molar-refractivity contribution in [1.82, 2.24) is 0 Å². The molecule has 0 fully saturated rings. The molecule has 48 valence electrons. The maximum absolute atomic E-state index is 3.42. The second kappa shape index (κ2) is 24.2. The molecule has 0 heterocycles. The average Bonchev–Trinajstić information content (AvgIpc) is 1.88. The molecule has 0 radical (unpaired) electrons. The topological polar surface area (TPSA) is 0 Å². The maximum atomic E-state index is 3.42. The molecule has 0 rings (SSSR count). The van der Waals surface area contributed by atoms with Crippen molar-refractivity contribution in [3.8, 4) is 0 Å². The summed E-state index contributed by atoms with van der Waals surface area (Å²) in [6.07, 6.45) is 7.28. The van der Waals surface area contributed by atoms with Gasteiger partial charge in [-0.2, -0.15) is 0 Å². The van der Waals surface area contributed by atoms with Crippen LogP contribution in [0.15, 0.2) is 24.3 Å². The van der Waals surface area contributed by atoms with Crippen LogP contribution in [0.5, 0.6) is 0 Å². The largest absolute Gasteiger partial charge is 2.00 e. The van der Waals surface area contributed by atoms with Crippen molar-refractivity contribution in [1.29, 1.82) is 0 Å². The van der Waals surface area contributed by atoms with Crippen molar-refractivity contribution >= 4 is 0 Å². The molecular weight excluding hydrogens is 208 g/mol. The third kappa shape index (κ3) is 66.9. The molecule has 0 bridgehead atoms. The summed E-state index contributed by atoms with van der Waals surface area (Å²) < 4.78 is 0. The van der Waals surface area contributed by atoms with E-state index in [0.29, 0.717) is 0 Å². The summed E-state index contributed by atoms with van der Waals surface area (Å²) in [5.74, 6) is 0. The number of hydrogen-bond donors (Lipinski definition) is 0. The molecule has 0 nitrogen and oxygen atoms in total. The molecule has 0 spiro atoms. The first-order chi connectivity index (χ1) is 3.83. The van der Waals surface area contributed by atoms with Crippen LogP contribution < -0.4 is 0 Å². The van der Waals surface area contributed by atoms with Crippen LogP contribution in [0.25, 0.3) is 0 Å². The molecule has 1 heteroatoms. The number of hydrogen-bond acceptors (Lipinski definition) is 0. The van der Waals surface area contributed by atoms with Crippen LogP contribution in [0.2, 0.25) is 0 Å². The van der Waals surface area contributed by atoms with Crippen molar-refractivity contribution in [2.45, 2.75) is 13.8 Å². The van der Waals surface area contributed by atoms with E-state index < -0.39 is 0 Å². The summed E-state index contributed by atoms with van der Waals surface area (Å²) in [5.41, 5.74) is 0. The van der Waals surface area contributed by atoms with Gasteiger partial charge in [0.2, 0.25) is 0 Å². The van der Waals surface area contributed by atoms with Gasteiger partial charge < -0.3 is 0 Å². The average molecular weight is 223 g/mol. The number of rotatable bonds is 0.